The third-order valence-electron chi connectivity index (χ3n) is 2.04. The zero-order chi connectivity index (χ0) is 8.81. The first-order valence-electron chi connectivity index (χ1n) is 4.39. The number of allylic oxidation sites excluding steroid dienone is 3. The largest absolute Gasteiger partial charge is 0.295 e. The second-order valence-corrected chi connectivity index (χ2v) is 3.07. The van der Waals surface area contributed by atoms with Gasteiger partial charge in [0.25, 0.3) is 0 Å². The molecule has 1 aliphatic rings. The maximum Gasteiger partial charge on any atom is 0.155 e. The molecule has 64 valence electrons. The van der Waals surface area contributed by atoms with Crippen molar-refractivity contribution in [3.05, 3.63) is 30.0 Å². The number of hydrogen-bond acceptors (Lipinski definition) is 1. The summed E-state index contributed by atoms with van der Waals surface area (Å²) in [6, 6.07) is 0. The minimum atomic E-state index is 0.291. The van der Waals surface area contributed by atoms with E-state index >= 15 is 0 Å². The molecular weight excluding hydrogens is 148 g/mol. The van der Waals surface area contributed by atoms with Gasteiger partial charge in [-0.05, 0) is 37.8 Å². The quantitative estimate of drug-likeness (QED) is 0.583. The molecule has 12 heavy (non-hydrogen) atoms. The van der Waals surface area contributed by atoms with Crippen LogP contribution in [0.4, 0.5) is 0 Å². The lowest BCUT2D eigenvalue weighted by Gasteiger charge is -2.09. The van der Waals surface area contributed by atoms with Gasteiger partial charge < -0.3 is 0 Å². The van der Waals surface area contributed by atoms with Crippen LogP contribution in [0.1, 0.15) is 32.1 Å². The van der Waals surface area contributed by atoms with Gasteiger partial charge in [0.15, 0.2) is 5.78 Å². The molecule has 0 radical (unpaired) electrons. The molecule has 0 saturated carbocycles. The summed E-state index contributed by atoms with van der Waals surface area (Å²) in [6.45, 7) is 3.49. The molecule has 0 unspecified atom stereocenters. The molecule has 0 N–H and O–H groups in total. The third-order valence-corrected chi connectivity index (χ3v) is 2.04. The smallest absolute Gasteiger partial charge is 0.155 e. The number of rotatable bonds is 3. The van der Waals surface area contributed by atoms with Crippen LogP contribution < -0.4 is 0 Å². The molecule has 0 saturated heterocycles. The Morgan fingerprint density at radius 1 is 1.58 bits per heavy atom. The number of hydrogen-bond donors (Lipinski definition) is 0. The second kappa shape index (κ2) is 4.74. The number of carbonyl (C=O) groups is 1. The Balaban J connectivity index is 2.40. The van der Waals surface area contributed by atoms with Crippen molar-refractivity contribution in [1.29, 1.82) is 0 Å². The van der Waals surface area contributed by atoms with Gasteiger partial charge >= 0.3 is 0 Å². The standard InChI is InChI=1S/C11H14O/c1-2-3-4-6-10-7-5-8-11(12)9-10/h3,9H,1,4-8H2. The minimum Gasteiger partial charge on any atom is -0.295 e. The van der Waals surface area contributed by atoms with Gasteiger partial charge in [0, 0.05) is 6.42 Å². The summed E-state index contributed by atoms with van der Waals surface area (Å²) in [5, 5.41) is 0. The molecule has 1 nitrogen and oxygen atoms in total. The molecule has 1 heteroatoms. The van der Waals surface area contributed by atoms with Gasteiger partial charge in [-0.1, -0.05) is 12.2 Å². The Morgan fingerprint density at radius 3 is 3.08 bits per heavy atom. The molecule has 0 aromatic heterocycles. The zero-order valence-electron chi connectivity index (χ0n) is 7.31. The highest BCUT2D eigenvalue weighted by Crippen LogP contribution is 2.19. The molecule has 0 aliphatic heterocycles. The maximum atomic E-state index is 11.0. The Morgan fingerprint density at radius 2 is 2.42 bits per heavy atom. The Kier molecular flexibility index (Phi) is 3.56. The van der Waals surface area contributed by atoms with Gasteiger partial charge in [0.05, 0.1) is 0 Å². The highest BCUT2D eigenvalue weighted by atomic mass is 16.1. The van der Waals surface area contributed by atoms with Crippen LogP contribution in [0.5, 0.6) is 0 Å². The molecule has 0 fully saturated rings. The molecular formula is C11H14O. The predicted octanol–water partition coefficient (Wildman–Crippen LogP) is 2.79. The maximum absolute atomic E-state index is 11.0. The molecule has 0 atom stereocenters. The summed E-state index contributed by atoms with van der Waals surface area (Å²) < 4.78 is 0. The van der Waals surface area contributed by atoms with E-state index in [0.717, 1.165) is 32.1 Å². The minimum absolute atomic E-state index is 0.291. The number of ketones is 1. The Hall–Kier alpha value is -1.07. The molecule has 1 aliphatic carbocycles. The van der Waals surface area contributed by atoms with Crippen molar-refractivity contribution in [1.82, 2.24) is 0 Å². The van der Waals surface area contributed by atoms with Crippen LogP contribution in [0.2, 0.25) is 0 Å². The first kappa shape index (κ1) is 9.02. The van der Waals surface area contributed by atoms with Gasteiger partial charge in [-0.3, -0.25) is 4.79 Å². The lowest BCUT2D eigenvalue weighted by molar-refractivity contribution is -0.115. The van der Waals surface area contributed by atoms with E-state index in [2.05, 4.69) is 12.3 Å². The Labute approximate surface area is 73.5 Å². The third kappa shape index (κ3) is 2.89. The first-order valence-corrected chi connectivity index (χ1v) is 4.39. The highest BCUT2D eigenvalue weighted by Gasteiger charge is 2.08. The van der Waals surface area contributed by atoms with E-state index in [0.29, 0.717) is 5.78 Å². The summed E-state index contributed by atoms with van der Waals surface area (Å²) in [7, 11) is 0. The summed E-state index contributed by atoms with van der Waals surface area (Å²) >= 11 is 0. The van der Waals surface area contributed by atoms with Crippen molar-refractivity contribution in [2.24, 2.45) is 0 Å². The van der Waals surface area contributed by atoms with E-state index in [1.54, 1.807) is 6.08 Å². The van der Waals surface area contributed by atoms with Crippen molar-refractivity contribution in [2.75, 3.05) is 0 Å². The molecule has 0 spiro atoms. The summed E-state index contributed by atoms with van der Waals surface area (Å²) in [4.78, 5) is 11.0. The van der Waals surface area contributed by atoms with Crippen molar-refractivity contribution in [3.63, 3.8) is 0 Å². The number of carbonyl (C=O) groups excluding carboxylic acids is 1. The molecule has 0 aromatic rings. The van der Waals surface area contributed by atoms with Crippen LogP contribution in [0.15, 0.2) is 30.0 Å². The summed E-state index contributed by atoms with van der Waals surface area (Å²) in [6.07, 6.45) is 8.54. The molecule has 0 heterocycles. The average molecular weight is 162 g/mol. The van der Waals surface area contributed by atoms with Crippen LogP contribution >= 0.6 is 0 Å². The van der Waals surface area contributed by atoms with E-state index in [1.165, 1.54) is 5.57 Å². The summed E-state index contributed by atoms with van der Waals surface area (Å²) in [5.41, 5.74) is 4.02. The van der Waals surface area contributed by atoms with Crippen LogP contribution in [-0.2, 0) is 4.79 Å². The fraction of sp³-hybridized carbons (Fsp3) is 0.455. The molecule has 0 aromatic carbocycles. The fourth-order valence-electron chi connectivity index (χ4n) is 1.42. The van der Waals surface area contributed by atoms with Crippen LogP contribution in [0, 0.1) is 0 Å². The lowest BCUT2D eigenvalue weighted by atomic mass is 9.95. The normalized spacial score (nSPS) is 16.7. The van der Waals surface area contributed by atoms with Crippen molar-refractivity contribution < 1.29 is 4.79 Å². The van der Waals surface area contributed by atoms with Crippen molar-refractivity contribution >= 4 is 5.78 Å². The van der Waals surface area contributed by atoms with E-state index in [-0.39, 0.29) is 0 Å². The zero-order valence-corrected chi connectivity index (χ0v) is 7.31. The van der Waals surface area contributed by atoms with Gasteiger partial charge in [-0.25, -0.2) is 0 Å². The topological polar surface area (TPSA) is 17.1 Å². The molecule has 0 bridgehead atoms. The highest BCUT2D eigenvalue weighted by molar-refractivity contribution is 5.91. The SMILES string of the molecule is C=C=CCCC1=CC(=O)CCC1. The van der Waals surface area contributed by atoms with Gasteiger partial charge in [-0.2, -0.15) is 0 Å². The molecule has 0 amide bonds. The van der Waals surface area contributed by atoms with Gasteiger partial charge in [0.2, 0.25) is 0 Å². The second-order valence-electron chi connectivity index (χ2n) is 3.07. The van der Waals surface area contributed by atoms with E-state index in [1.807, 2.05) is 6.08 Å². The monoisotopic (exact) mass is 162 g/mol. The van der Waals surface area contributed by atoms with Crippen LogP contribution in [0.25, 0.3) is 0 Å². The van der Waals surface area contributed by atoms with E-state index < -0.39 is 0 Å². The fourth-order valence-corrected chi connectivity index (χ4v) is 1.42. The first-order chi connectivity index (χ1) is 5.83. The van der Waals surface area contributed by atoms with Crippen molar-refractivity contribution in [2.45, 2.75) is 32.1 Å². The summed E-state index contributed by atoms with van der Waals surface area (Å²) in [5.74, 6) is 0.291. The molecule has 1 rings (SSSR count). The van der Waals surface area contributed by atoms with Crippen molar-refractivity contribution in [3.8, 4) is 0 Å². The Bertz CT molecular complexity index is 242. The van der Waals surface area contributed by atoms with Gasteiger partial charge in [-0.15, -0.1) is 5.73 Å². The van der Waals surface area contributed by atoms with E-state index in [4.69, 9.17) is 0 Å². The van der Waals surface area contributed by atoms with E-state index in [9.17, 15) is 4.79 Å². The van der Waals surface area contributed by atoms with Crippen LogP contribution in [-0.4, -0.2) is 5.78 Å². The predicted molar refractivity (Wildman–Crippen MR) is 49.9 cm³/mol. The lowest BCUT2D eigenvalue weighted by Crippen LogP contribution is -2.02. The van der Waals surface area contributed by atoms with Crippen LogP contribution in [0.3, 0.4) is 0 Å². The van der Waals surface area contributed by atoms with Gasteiger partial charge in [0.1, 0.15) is 0 Å². The average Bonchev–Trinajstić information content (AvgIpc) is 2.05.